The summed E-state index contributed by atoms with van der Waals surface area (Å²) in [5.74, 6) is 0.0215. The molecule has 0 saturated carbocycles. The molecule has 0 atom stereocenters. The van der Waals surface area contributed by atoms with E-state index in [2.05, 4.69) is 0 Å². The van der Waals surface area contributed by atoms with Crippen molar-refractivity contribution in [2.75, 3.05) is 37.8 Å². The van der Waals surface area contributed by atoms with Gasteiger partial charge >= 0.3 is 0 Å². The van der Waals surface area contributed by atoms with E-state index < -0.39 is 15.3 Å². The van der Waals surface area contributed by atoms with Crippen LogP contribution in [0.4, 0.5) is 0 Å². The molecule has 0 aromatic rings. The summed E-state index contributed by atoms with van der Waals surface area (Å²) in [6, 6.07) is 0. The average molecular weight is 320 g/mol. The topological polar surface area (TPSA) is 89.7 Å². The average Bonchev–Trinajstić information content (AvgIpc) is 2.59. The molecule has 2 aliphatic rings. The van der Waals surface area contributed by atoms with Crippen LogP contribution in [0.15, 0.2) is 0 Å². The first-order chi connectivity index (χ1) is 9.37. The summed E-state index contributed by atoms with van der Waals surface area (Å²) in [6.45, 7) is 1.58. The Balaban J connectivity index is 2.17. The second kappa shape index (κ2) is 5.95. The van der Waals surface area contributed by atoms with Crippen LogP contribution < -0.4 is 5.73 Å². The number of hydrogen-bond acceptors (Lipinski definition) is 5. The molecule has 0 aliphatic carbocycles. The standard InChI is InChI=1S/C12H20N2O4S2/c13-10(19)12(2-6-18-7-3-12)11(15)14-4-1-8-20(16,17)9-5-14/h1-9H2,(H2,13,19). The molecule has 8 heteroatoms. The molecule has 0 aromatic heterocycles. The van der Waals surface area contributed by atoms with Gasteiger partial charge in [-0.3, -0.25) is 4.79 Å². The molecule has 114 valence electrons. The van der Waals surface area contributed by atoms with Crippen molar-refractivity contribution in [3.05, 3.63) is 0 Å². The Bertz CT molecular complexity index is 498. The summed E-state index contributed by atoms with van der Waals surface area (Å²) in [4.78, 5) is 14.6. The van der Waals surface area contributed by atoms with E-state index in [1.54, 1.807) is 4.90 Å². The van der Waals surface area contributed by atoms with E-state index in [9.17, 15) is 13.2 Å². The van der Waals surface area contributed by atoms with Gasteiger partial charge in [0.2, 0.25) is 5.91 Å². The predicted molar refractivity (Wildman–Crippen MR) is 79.1 cm³/mol. The number of rotatable bonds is 2. The summed E-state index contributed by atoms with van der Waals surface area (Å²) in [6.07, 6.45) is 1.42. The van der Waals surface area contributed by atoms with Crippen molar-refractivity contribution in [1.29, 1.82) is 0 Å². The monoisotopic (exact) mass is 320 g/mol. The number of nitrogens with two attached hydrogens (primary N) is 1. The number of ether oxygens (including phenoxy) is 1. The fourth-order valence-electron chi connectivity index (χ4n) is 2.73. The third-order valence-corrected chi connectivity index (χ3v) is 6.18. The number of hydrogen-bond donors (Lipinski definition) is 1. The van der Waals surface area contributed by atoms with E-state index in [-0.39, 0.29) is 28.9 Å². The van der Waals surface area contributed by atoms with Gasteiger partial charge in [0.1, 0.15) is 5.41 Å². The molecule has 2 heterocycles. The summed E-state index contributed by atoms with van der Waals surface area (Å²) in [5, 5.41) is 0. The number of carbonyl (C=O) groups excluding carboxylic acids is 1. The van der Waals surface area contributed by atoms with Gasteiger partial charge in [-0.25, -0.2) is 8.42 Å². The Morgan fingerprint density at radius 2 is 1.85 bits per heavy atom. The van der Waals surface area contributed by atoms with Crippen molar-refractivity contribution in [3.63, 3.8) is 0 Å². The summed E-state index contributed by atoms with van der Waals surface area (Å²) in [7, 11) is -3.04. The van der Waals surface area contributed by atoms with Crippen LogP contribution in [0.5, 0.6) is 0 Å². The van der Waals surface area contributed by atoms with Crippen LogP contribution in [0, 0.1) is 5.41 Å². The minimum atomic E-state index is -3.04. The Kier molecular flexibility index (Phi) is 4.66. The predicted octanol–water partition coefficient (Wildman–Crippen LogP) is -0.284. The van der Waals surface area contributed by atoms with Crippen molar-refractivity contribution < 1.29 is 17.9 Å². The fourth-order valence-corrected chi connectivity index (χ4v) is 4.29. The minimum absolute atomic E-state index is 0.0165. The highest BCUT2D eigenvalue weighted by Crippen LogP contribution is 2.33. The SMILES string of the molecule is NC(=S)C1(C(=O)N2CCCS(=O)(=O)CC2)CCOCC1. The smallest absolute Gasteiger partial charge is 0.235 e. The zero-order chi connectivity index (χ0) is 14.8. The molecule has 0 bridgehead atoms. The maximum Gasteiger partial charge on any atom is 0.235 e. The van der Waals surface area contributed by atoms with Crippen LogP contribution in [0.25, 0.3) is 0 Å². The van der Waals surface area contributed by atoms with Gasteiger partial charge in [0.05, 0.1) is 16.5 Å². The number of sulfone groups is 1. The van der Waals surface area contributed by atoms with Crippen molar-refractivity contribution in [3.8, 4) is 0 Å². The van der Waals surface area contributed by atoms with Crippen molar-refractivity contribution in [2.45, 2.75) is 19.3 Å². The summed E-state index contributed by atoms with van der Waals surface area (Å²) in [5.41, 5.74) is 4.95. The van der Waals surface area contributed by atoms with E-state index in [1.807, 2.05) is 0 Å². The Morgan fingerprint density at radius 1 is 1.20 bits per heavy atom. The maximum absolute atomic E-state index is 12.8. The molecule has 20 heavy (non-hydrogen) atoms. The van der Waals surface area contributed by atoms with Gasteiger partial charge in [-0.1, -0.05) is 12.2 Å². The lowest BCUT2D eigenvalue weighted by molar-refractivity contribution is -0.142. The first kappa shape index (κ1) is 15.7. The van der Waals surface area contributed by atoms with Crippen LogP contribution in [0.1, 0.15) is 19.3 Å². The molecule has 0 spiro atoms. The van der Waals surface area contributed by atoms with E-state index >= 15 is 0 Å². The molecule has 6 nitrogen and oxygen atoms in total. The lowest BCUT2D eigenvalue weighted by Crippen LogP contribution is -2.53. The van der Waals surface area contributed by atoms with Gasteiger partial charge in [-0.15, -0.1) is 0 Å². The van der Waals surface area contributed by atoms with E-state index in [4.69, 9.17) is 22.7 Å². The highest BCUT2D eigenvalue weighted by atomic mass is 32.2. The molecular weight excluding hydrogens is 300 g/mol. The van der Waals surface area contributed by atoms with Gasteiger partial charge in [0, 0.05) is 26.3 Å². The van der Waals surface area contributed by atoms with Gasteiger partial charge in [0.25, 0.3) is 0 Å². The van der Waals surface area contributed by atoms with E-state index in [1.165, 1.54) is 0 Å². The van der Waals surface area contributed by atoms with E-state index in [0.717, 1.165) is 0 Å². The molecule has 2 rings (SSSR count). The minimum Gasteiger partial charge on any atom is -0.392 e. The van der Waals surface area contributed by atoms with Gasteiger partial charge in [0.15, 0.2) is 9.84 Å². The highest BCUT2D eigenvalue weighted by Gasteiger charge is 2.45. The molecule has 2 saturated heterocycles. The first-order valence-corrected chi connectivity index (χ1v) is 8.98. The fraction of sp³-hybridized carbons (Fsp3) is 0.833. The molecule has 2 aliphatic heterocycles. The lowest BCUT2D eigenvalue weighted by Gasteiger charge is -2.38. The number of nitrogens with zero attached hydrogens (tertiary/aromatic N) is 1. The summed E-state index contributed by atoms with van der Waals surface area (Å²) < 4.78 is 28.5. The number of carbonyl (C=O) groups is 1. The van der Waals surface area contributed by atoms with E-state index in [0.29, 0.717) is 39.0 Å². The van der Waals surface area contributed by atoms with Crippen LogP contribution in [-0.2, 0) is 19.4 Å². The van der Waals surface area contributed by atoms with Crippen LogP contribution >= 0.6 is 12.2 Å². The van der Waals surface area contributed by atoms with Gasteiger partial charge in [-0.05, 0) is 19.3 Å². The molecule has 0 aromatic carbocycles. The normalized spacial score (nSPS) is 25.7. The van der Waals surface area contributed by atoms with Crippen LogP contribution in [-0.4, -0.2) is 62.0 Å². The largest absolute Gasteiger partial charge is 0.392 e. The molecule has 0 radical (unpaired) electrons. The Morgan fingerprint density at radius 3 is 2.45 bits per heavy atom. The van der Waals surface area contributed by atoms with Crippen molar-refractivity contribution >= 4 is 33.0 Å². The third-order valence-electron chi connectivity index (χ3n) is 4.07. The second-order valence-corrected chi connectivity index (χ2v) is 8.10. The van der Waals surface area contributed by atoms with Gasteiger partial charge < -0.3 is 15.4 Å². The highest BCUT2D eigenvalue weighted by molar-refractivity contribution is 7.91. The van der Waals surface area contributed by atoms with Crippen molar-refractivity contribution in [2.24, 2.45) is 11.1 Å². The molecule has 2 fully saturated rings. The maximum atomic E-state index is 12.8. The van der Waals surface area contributed by atoms with Crippen molar-refractivity contribution in [1.82, 2.24) is 4.90 Å². The third kappa shape index (κ3) is 3.12. The molecule has 2 N–H and O–H groups in total. The Labute approximate surface area is 124 Å². The zero-order valence-corrected chi connectivity index (χ0v) is 13.0. The van der Waals surface area contributed by atoms with Gasteiger partial charge in [-0.2, -0.15) is 0 Å². The quantitative estimate of drug-likeness (QED) is 0.704. The molecule has 1 amide bonds. The summed E-state index contributed by atoms with van der Waals surface area (Å²) >= 11 is 5.11. The molecule has 0 unspecified atom stereocenters. The second-order valence-electron chi connectivity index (χ2n) is 5.36. The van der Waals surface area contributed by atoms with Crippen LogP contribution in [0.3, 0.4) is 0 Å². The Hall–Kier alpha value is -0.730. The zero-order valence-electron chi connectivity index (χ0n) is 11.3. The van der Waals surface area contributed by atoms with Crippen LogP contribution in [0.2, 0.25) is 0 Å². The number of amides is 1. The first-order valence-electron chi connectivity index (χ1n) is 6.75. The molecular formula is C12H20N2O4S2. The number of thiocarbonyl (C=S) groups is 1. The lowest BCUT2D eigenvalue weighted by atomic mass is 9.78.